The molecule has 0 radical (unpaired) electrons. The number of hydrogen-bond acceptors (Lipinski definition) is 2. The van der Waals surface area contributed by atoms with Gasteiger partial charge in [-0.3, -0.25) is 9.59 Å². The van der Waals surface area contributed by atoms with Crippen molar-refractivity contribution >= 4 is 22.8 Å². The molecule has 4 bridgehead atoms. The minimum absolute atomic E-state index is 0.0150. The van der Waals surface area contributed by atoms with Crippen LogP contribution in [0.2, 0.25) is 0 Å². The Morgan fingerprint density at radius 2 is 1.76 bits per heavy atom. The van der Waals surface area contributed by atoms with Crippen LogP contribution in [-0.4, -0.2) is 28.1 Å². The number of carbonyl (C=O) groups excluding carboxylic acids is 2. The van der Waals surface area contributed by atoms with Gasteiger partial charge in [-0.2, -0.15) is 0 Å². The van der Waals surface area contributed by atoms with Crippen molar-refractivity contribution in [2.75, 3.05) is 6.54 Å². The molecule has 5 fully saturated rings. The van der Waals surface area contributed by atoms with Crippen LogP contribution in [0.25, 0.3) is 0 Å². The van der Waals surface area contributed by atoms with Gasteiger partial charge in [-0.25, -0.2) is 0 Å². The van der Waals surface area contributed by atoms with Crippen LogP contribution in [0.15, 0.2) is 0 Å². The van der Waals surface area contributed by atoms with Gasteiger partial charge in [-0.05, 0) is 66.9 Å². The molecule has 0 spiro atoms. The molecule has 116 valence electrons. The number of rotatable bonds is 2. The van der Waals surface area contributed by atoms with Crippen molar-refractivity contribution in [3.05, 3.63) is 0 Å². The number of nitrogens with zero attached hydrogens (tertiary/aromatic N) is 1. The molecule has 4 heteroatoms. The summed E-state index contributed by atoms with van der Waals surface area (Å²) in [5.41, 5.74) is 0.788. The lowest BCUT2D eigenvalue weighted by atomic mass is 9.42. The second kappa shape index (κ2) is 4.04. The van der Waals surface area contributed by atoms with Crippen LogP contribution >= 0.6 is 11.6 Å². The van der Waals surface area contributed by atoms with Crippen LogP contribution < -0.4 is 0 Å². The minimum atomic E-state index is -0.340. The summed E-state index contributed by atoms with van der Waals surface area (Å²) in [6.45, 7) is 5.38. The molecule has 3 nitrogen and oxygen atoms in total. The van der Waals surface area contributed by atoms with Gasteiger partial charge in [0.2, 0.25) is 11.1 Å². The first-order chi connectivity index (χ1) is 9.73. The summed E-state index contributed by atoms with van der Waals surface area (Å²) < 4.78 is 0. The molecular formula is C17H24ClNO2. The van der Waals surface area contributed by atoms with E-state index in [0.717, 1.165) is 25.2 Å². The number of amides is 1. The Morgan fingerprint density at radius 3 is 2.24 bits per heavy atom. The molecule has 1 aliphatic heterocycles. The predicted molar refractivity (Wildman–Crippen MR) is 80.8 cm³/mol. The van der Waals surface area contributed by atoms with Crippen LogP contribution in [0.3, 0.4) is 0 Å². The third-order valence-corrected chi connectivity index (χ3v) is 6.92. The van der Waals surface area contributed by atoms with Gasteiger partial charge in [0, 0.05) is 18.5 Å². The van der Waals surface area contributed by atoms with Gasteiger partial charge in [0.25, 0.3) is 0 Å². The molecule has 0 aromatic carbocycles. The SMILES string of the molecule is CC12CC3CC(C)(C1)CC(N1CC(C(=O)Cl)CC1=O)(C3)C2. The summed E-state index contributed by atoms with van der Waals surface area (Å²) in [7, 11) is 0. The van der Waals surface area contributed by atoms with E-state index in [1.165, 1.54) is 19.3 Å². The molecule has 3 unspecified atom stereocenters. The Morgan fingerprint density at radius 1 is 1.14 bits per heavy atom. The Balaban J connectivity index is 1.68. The summed E-state index contributed by atoms with van der Waals surface area (Å²) in [5, 5.41) is -0.340. The Labute approximate surface area is 131 Å². The highest BCUT2D eigenvalue weighted by molar-refractivity contribution is 6.64. The molecule has 0 aromatic rings. The minimum Gasteiger partial charge on any atom is -0.336 e. The van der Waals surface area contributed by atoms with Crippen molar-refractivity contribution in [3.8, 4) is 0 Å². The van der Waals surface area contributed by atoms with E-state index in [1.54, 1.807) is 0 Å². The van der Waals surface area contributed by atoms with E-state index in [1.807, 2.05) is 0 Å². The second-order valence-electron chi connectivity index (χ2n) is 9.06. The number of hydrogen-bond donors (Lipinski definition) is 0. The van der Waals surface area contributed by atoms with Gasteiger partial charge in [-0.1, -0.05) is 13.8 Å². The van der Waals surface area contributed by atoms with E-state index >= 15 is 0 Å². The van der Waals surface area contributed by atoms with E-state index in [2.05, 4.69) is 18.7 Å². The van der Waals surface area contributed by atoms with E-state index in [-0.39, 0.29) is 22.6 Å². The van der Waals surface area contributed by atoms with Gasteiger partial charge in [-0.15, -0.1) is 0 Å². The molecule has 21 heavy (non-hydrogen) atoms. The molecule has 4 saturated carbocycles. The summed E-state index contributed by atoms with van der Waals surface area (Å²) in [6.07, 6.45) is 7.67. The average Bonchev–Trinajstić information content (AvgIpc) is 2.67. The highest BCUT2D eigenvalue weighted by Gasteiger charge is 2.63. The maximum absolute atomic E-state index is 12.5. The van der Waals surface area contributed by atoms with Crippen molar-refractivity contribution in [1.29, 1.82) is 0 Å². The van der Waals surface area contributed by atoms with Gasteiger partial charge in [0.15, 0.2) is 0 Å². The van der Waals surface area contributed by atoms with Crippen LogP contribution in [-0.2, 0) is 9.59 Å². The maximum Gasteiger partial charge on any atom is 0.227 e. The molecule has 5 aliphatic rings. The van der Waals surface area contributed by atoms with Crippen LogP contribution in [0.5, 0.6) is 0 Å². The zero-order valence-corrected chi connectivity index (χ0v) is 13.7. The standard InChI is InChI=1S/C17H24ClNO2/c1-15-4-11-5-16(2,8-15)10-17(6-11,9-15)19-7-12(14(18)21)3-13(19)20/h11-12H,3-10H2,1-2H3. The van der Waals surface area contributed by atoms with Crippen molar-refractivity contribution in [2.45, 2.75) is 64.3 Å². The summed E-state index contributed by atoms with van der Waals surface area (Å²) >= 11 is 5.66. The molecule has 4 aliphatic carbocycles. The Hall–Kier alpha value is -0.570. The first kappa shape index (κ1) is 14.0. The molecule has 1 saturated heterocycles. The molecule has 1 heterocycles. The van der Waals surface area contributed by atoms with E-state index in [0.29, 0.717) is 23.8 Å². The first-order valence-corrected chi connectivity index (χ1v) is 8.60. The lowest BCUT2D eigenvalue weighted by Crippen LogP contribution is -2.65. The quantitative estimate of drug-likeness (QED) is 0.734. The monoisotopic (exact) mass is 309 g/mol. The number of likely N-dealkylation sites (tertiary alicyclic amines) is 1. The average molecular weight is 310 g/mol. The van der Waals surface area contributed by atoms with Crippen LogP contribution in [0.1, 0.15) is 58.8 Å². The highest BCUT2D eigenvalue weighted by atomic mass is 35.5. The number of halogens is 1. The fraction of sp³-hybridized carbons (Fsp3) is 0.882. The zero-order valence-electron chi connectivity index (χ0n) is 13.0. The topological polar surface area (TPSA) is 37.4 Å². The fourth-order valence-corrected chi connectivity index (χ4v) is 7.15. The zero-order chi connectivity index (χ0) is 15.0. The van der Waals surface area contributed by atoms with Gasteiger partial charge in [0.05, 0.1) is 5.92 Å². The largest absolute Gasteiger partial charge is 0.336 e. The predicted octanol–water partition coefficient (Wildman–Crippen LogP) is 3.35. The third-order valence-electron chi connectivity index (χ3n) is 6.62. The van der Waals surface area contributed by atoms with Crippen LogP contribution in [0, 0.1) is 22.7 Å². The first-order valence-electron chi connectivity index (χ1n) is 8.23. The van der Waals surface area contributed by atoms with Crippen molar-refractivity contribution in [2.24, 2.45) is 22.7 Å². The molecular weight excluding hydrogens is 286 g/mol. The summed E-state index contributed by atoms with van der Waals surface area (Å²) in [4.78, 5) is 26.1. The molecule has 1 amide bonds. The van der Waals surface area contributed by atoms with Crippen molar-refractivity contribution in [1.82, 2.24) is 4.90 Å². The van der Waals surface area contributed by atoms with Gasteiger partial charge >= 0.3 is 0 Å². The summed E-state index contributed by atoms with van der Waals surface area (Å²) in [6, 6.07) is 0. The van der Waals surface area contributed by atoms with Crippen molar-refractivity contribution in [3.63, 3.8) is 0 Å². The lowest BCUT2D eigenvalue weighted by Gasteiger charge is -2.67. The Kier molecular flexibility index (Phi) is 2.70. The van der Waals surface area contributed by atoms with Gasteiger partial charge in [0.1, 0.15) is 0 Å². The molecule has 0 aromatic heterocycles. The second-order valence-corrected chi connectivity index (χ2v) is 9.44. The van der Waals surface area contributed by atoms with E-state index in [4.69, 9.17) is 11.6 Å². The van der Waals surface area contributed by atoms with Gasteiger partial charge < -0.3 is 4.90 Å². The normalized spacial score (nSPS) is 51.8. The molecule has 3 atom stereocenters. The number of carbonyl (C=O) groups is 2. The molecule has 5 rings (SSSR count). The highest BCUT2D eigenvalue weighted by Crippen LogP contribution is 2.68. The third kappa shape index (κ3) is 1.99. The van der Waals surface area contributed by atoms with E-state index < -0.39 is 0 Å². The maximum atomic E-state index is 12.5. The van der Waals surface area contributed by atoms with E-state index in [9.17, 15) is 9.59 Å². The van der Waals surface area contributed by atoms with Crippen molar-refractivity contribution < 1.29 is 9.59 Å². The fourth-order valence-electron chi connectivity index (χ4n) is 7.01. The summed E-state index contributed by atoms with van der Waals surface area (Å²) in [5.74, 6) is 0.630. The Bertz CT molecular complexity index is 513. The lowest BCUT2D eigenvalue weighted by molar-refractivity contribution is -0.170. The molecule has 0 N–H and O–H groups in total. The van der Waals surface area contributed by atoms with Crippen LogP contribution in [0.4, 0.5) is 0 Å². The smallest absolute Gasteiger partial charge is 0.227 e.